The summed E-state index contributed by atoms with van der Waals surface area (Å²) in [6.07, 6.45) is 2.00. The third-order valence-electron chi connectivity index (χ3n) is 3.62. The molecule has 0 radical (unpaired) electrons. The number of anilines is 1. The lowest BCUT2D eigenvalue weighted by atomic mass is 10.1. The van der Waals surface area contributed by atoms with Crippen LogP contribution in [-0.4, -0.2) is 13.2 Å². The van der Waals surface area contributed by atoms with Crippen LogP contribution in [0.4, 0.5) is 5.69 Å². The van der Waals surface area contributed by atoms with Gasteiger partial charge in [-0.05, 0) is 54.3 Å². The van der Waals surface area contributed by atoms with E-state index in [1.54, 1.807) is 7.11 Å². The minimum absolute atomic E-state index is 0.382. The van der Waals surface area contributed by atoms with Crippen LogP contribution in [0.15, 0.2) is 36.4 Å². The number of methoxy groups -OCH3 is 1. The summed E-state index contributed by atoms with van der Waals surface area (Å²) in [4.78, 5) is 0. The number of hydrogen-bond acceptors (Lipinski definition) is 2. The predicted molar refractivity (Wildman–Crippen MR) is 84.3 cm³/mol. The number of hydrogen-bond donors (Lipinski definition) is 1. The van der Waals surface area contributed by atoms with Crippen LogP contribution < -0.4 is 10.1 Å². The minimum Gasteiger partial charge on any atom is -0.495 e. The second-order valence-corrected chi connectivity index (χ2v) is 5.86. The van der Waals surface area contributed by atoms with E-state index in [0.29, 0.717) is 16.8 Å². The van der Waals surface area contributed by atoms with Crippen LogP contribution >= 0.6 is 23.2 Å². The first kappa shape index (κ1) is 13.6. The molecule has 1 N–H and O–H groups in total. The molecule has 0 heterocycles. The summed E-state index contributed by atoms with van der Waals surface area (Å²) in [6.45, 7) is 0. The molecule has 4 heteroatoms. The topological polar surface area (TPSA) is 21.3 Å². The van der Waals surface area contributed by atoms with Gasteiger partial charge in [-0.1, -0.05) is 29.3 Å². The molecular formula is C16H15Cl2NO. The Kier molecular flexibility index (Phi) is 3.77. The fourth-order valence-electron chi connectivity index (χ4n) is 2.68. The summed E-state index contributed by atoms with van der Waals surface area (Å²) in [7, 11) is 1.62. The molecule has 0 aromatic heterocycles. The summed E-state index contributed by atoms with van der Waals surface area (Å²) < 4.78 is 5.16. The molecule has 1 unspecified atom stereocenters. The molecule has 104 valence electrons. The first-order chi connectivity index (χ1) is 9.65. The van der Waals surface area contributed by atoms with Crippen molar-refractivity contribution in [1.82, 2.24) is 0 Å². The monoisotopic (exact) mass is 307 g/mol. The van der Waals surface area contributed by atoms with Gasteiger partial charge < -0.3 is 10.1 Å². The van der Waals surface area contributed by atoms with Crippen LogP contribution in [0.25, 0.3) is 0 Å². The lowest BCUT2D eigenvalue weighted by Crippen LogP contribution is -2.19. The Morgan fingerprint density at radius 3 is 2.60 bits per heavy atom. The average molecular weight is 308 g/mol. The summed E-state index contributed by atoms with van der Waals surface area (Å²) in [5.74, 6) is 0.693. The molecule has 2 nitrogen and oxygen atoms in total. The number of fused-ring (bicyclic) bond motifs is 1. The van der Waals surface area contributed by atoms with Crippen LogP contribution in [0.2, 0.25) is 10.0 Å². The highest BCUT2D eigenvalue weighted by Gasteiger charge is 2.21. The van der Waals surface area contributed by atoms with Crippen LogP contribution in [0, 0.1) is 0 Å². The molecule has 1 aliphatic carbocycles. The van der Waals surface area contributed by atoms with Gasteiger partial charge in [0.05, 0.1) is 12.1 Å². The maximum Gasteiger partial charge on any atom is 0.137 e. The Bertz CT molecular complexity index is 642. The zero-order chi connectivity index (χ0) is 14.1. The van der Waals surface area contributed by atoms with E-state index in [9.17, 15) is 0 Å². The van der Waals surface area contributed by atoms with Gasteiger partial charge in [0, 0.05) is 16.8 Å². The van der Waals surface area contributed by atoms with Crippen molar-refractivity contribution in [1.29, 1.82) is 0 Å². The summed E-state index contributed by atoms with van der Waals surface area (Å²) in [5.41, 5.74) is 3.71. The predicted octanol–water partition coefficient (Wildman–Crippen LogP) is 4.58. The Labute approximate surface area is 128 Å². The Morgan fingerprint density at radius 2 is 1.85 bits per heavy atom. The van der Waals surface area contributed by atoms with Crippen molar-refractivity contribution < 1.29 is 4.74 Å². The van der Waals surface area contributed by atoms with Crippen molar-refractivity contribution in [2.45, 2.75) is 18.9 Å². The minimum atomic E-state index is 0.382. The molecule has 2 aromatic carbocycles. The van der Waals surface area contributed by atoms with Gasteiger partial charge in [0.15, 0.2) is 0 Å². The second kappa shape index (κ2) is 5.55. The van der Waals surface area contributed by atoms with Crippen LogP contribution in [0.5, 0.6) is 5.75 Å². The lowest BCUT2D eigenvalue weighted by Gasteiger charge is -2.14. The van der Waals surface area contributed by atoms with Gasteiger partial charge >= 0.3 is 0 Å². The smallest absolute Gasteiger partial charge is 0.137 e. The summed E-state index contributed by atoms with van der Waals surface area (Å²) >= 11 is 12.2. The molecule has 3 rings (SSSR count). The van der Waals surface area contributed by atoms with Gasteiger partial charge in [0.2, 0.25) is 0 Å². The standard InChI is InChI=1S/C16H15Cl2NO/c1-20-16-5-4-13(9-15(16)18)19-14-7-10-2-3-12(17)6-11(10)8-14/h2-6,9,14,19H,7-8H2,1H3. The molecule has 1 aliphatic rings. The zero-order valence-electron chi connectivity index (χ0n) is 11.1. The summed E-state index contributed by atoms with van der Waals surface area (Å²) in [5, 5.41) is 4.94. The molecule has 1 atom stereocenters. The normalized spacial score (nSPS) is 16.9. The molecule has 0 fully saturated rings. The Hall–Kier alpha value is -1.38. The van der Waals surface area contributed by atoms with E-state index in [4.69, 9.17) is 27.9 Å². The molecule has 0 amide bonds. The largest absolute Gasteiger partial charge is 0.495 e. The number of rotatable bonds is 3. The molecule has 2 aromatic rings. The van der Waals surface area contributed by atoms with Gasteiger partial charge in [-0.2, -0.15) is 0 Å². The SMILES string of the molecule is COc1ccc(NC2Cc3ccc(Cl)cc3C2)cc1Cl. The van der Waals surface area contributed by atoms with Gasteiger partial charge in [-0.3, -0.25) is 0 Å². The fraction of sp³-hybridized carbons (Fsp3) is 0.250. The second-order valence-electron chi connectivity index (χ2n) is 5.01. The third kappa shape index (κ3) is 2.72. The molecule has 0 aliphatic heterocycles. The summed E-state index contributed by atoms with van der Waals surface area (Å²) in [6, 6.07) is 12.3. The van der Waals surface area contributed by atoms with E-state index in [1.807, 2.05) is 24.3 Å². The number of halogens is 2. The third-order valence-corrected chi connectivity index (χ3v) is 4.15. The first-order valence-corrected chi connectivity index (χ1v) is 7.28. The van der Waals surface area contributed by atoms with Gasteiger partial charge in [-0.25, -0.2) is 0 Å². The molecule has 0 saturated carbocycles. The van der Waals surface area contributed by atoms with Crippen molar-refractivity contribution >= 4 is 28.9 Å². The maximum absolute atomic E-state index is 6.14. The molecule has 0 spiro atoms. The van der Waals surface area contributed by atoms with E-state index < -0.39 is 0 Å². The maximum atomic E-state index is 6.14. The number of ether oxygens (including phenoxy) is 1. The Balaban J connectivity index is 1.73. The van der Waals surface area contributed by atoms with Crippen molar-refractivity contribution in [3.8, 4) is 5.75 Å². The highest BCUT2D eigenvalue weighted by molar-refractivity contribution is 6.32. The average Bonchev–Trinajstić information content (AvgIpc) is 2.80. The highest BCUT2D eigenvalue weighted by atomic mass is 35.5. The van der Waals surface area contributed by atoms with Crippen LogP contribution in [0.3, 0.4) is 0 Å². The molecule has 0 bridgehead atoms. The van der Waals surface area contributed by atoms with E-state index >= 15 is 0 Å². The van der Waals surface area contributed by atoms with E-state index in [-0.39, 0.29) is 0 Å². The van der Waals surface area contributed by atoms with E-state index in [1.165, 1.54) is 11.1 Å². The molecule has 0 saturated heterocycles. The van der Waals surface area contributed by atoms with Gasteiger partial charge in [0.1, 0.15) is 5.75 Å². The van der Waals surface area contributed by atoms with Gasteiger partial charge in [0.25, 0.3) is 0 Å². The van der Waals surface area contributed by atoms with Gasteiger partial charge in [-0.15, -0.1) is 0 Å². The van der Waals surface area contributed by atoms with E-state index in [0.717, 1.165) is 23.6 Å². The van der Waals surface area contributed by atoms with Crippen molar-refractivity contribution in [3.05, 3.63) is 57.6 Å². The Morgan fingerprint density at radius 1 is 1.05 bits per heavy atom. The van der Waals surface area contributed by atoms with Crippen molar-refractivity contribution in [2.75, 3.05) is 12.4 Å². The number of benzene rings is 2. The highest BCUT2D eigenvalue weighted by Crippen LogP contribution is 2.30. The number of nitrogens with one attached hydrogen (secondary N) is 1. The first-order valence-electron chi connectivity index (χ1n) is 6.53. The van der Waals surface area contributed by atoms with Crippen molar-refractivity contribution in [2.24, 2.45) is 0 Å². The lowest BCUT2D eigenvalue weighted by molar-refractivity contribution is 0.415. The fourth-order valence-corrected chi connectivity index (χ4v) is 3.13. The van der Waals surface area contributed by atoms with Crippen LogP contribution in [0.1, 0.15) is 11.1 Å². The zero-order valence-corrected chi connectivity index (χ0v) is 12.6. The van der Waals surface area contributed by atoms with E-state index in [2.05, 4.69) is 17.4 Å². The molecular weight excluding hydrogens is 293 g/mol. The quantitative estimate of drug-likeness (QED) is 0.896. The molecule has 20 heavy (non-hydrogen) atoms. The van der Waals surface area contributed by atoms with Crippen molar-refractivity contribution in [3.63, 3.8) is 0 Å². The van der Waals surface area contributed by atoms with Crippen LogP contribution in [-0.2, 0) is 12.8 Å².